The fourth-order valence-electron chi connectivity index (χ4n) is 6.72. The zero-order valence-electron chi connectivity index (χ0n) is 15.9. The minimum Gasteiger partial charge on any atom is -0.459 e. The van der Waals surface area contributed by atoms with Gasteiger partial charge in [-0.15, -0.1) is 0 Å². The van der Waals surface area contributed by atoms with Gasteiger partial charge in [0.1, 0.15) is 6.10 Å². The van der Waals surface area contributed by atoms with E-state index in [1.54, 1.807) is 6.92 Å². The number of carbonyl (C=O) groups is 1. The Bertz CT molecular complexity index is 579. The Balaban J connectivity index is 1.02. The van der Waals surface area contributed by atoms with Crippen LogP contribution in [0.2, 0.25) is 0 Å². The molecule has 7 atom stereocenters. The summed E-state index contributed by atoms with van der Waals surface area (Å²) >= 11 is 0. The van der Waals surface area contributed by atoms with Crippen molar-refractivity contribution in [3.63, 3.8) is 0 Å². The second-order valence-corrected chi connectivity index (χ2v) is 9.64. The van der Waals surface area contributed by atoms with Crippen LogP contribution in [0.4, 0.5) is 0 Å². The smallest absolute Gasteiger partial charge is 0.333 e. The van der Waals surface area contributed by atoms with Crippen LogP contribution >= 0.6 is 0 Å². The molecular weight excluding hydrogens is 328 g/mol. The molecule has 4 aliphatic carbocycles. The lowest BCUT2D eigenvalue weighted by atomic mass is 9.75. The van der Waals surface area contributed by atoms with Crippen molar-refractivity contribution in [3.8, 4) is 0 Å². The van der Waals surface area contributed by atoms with Crippen molar-refractivity contribution in [2.45, 2.75) is 70.2 Å². The van der Waals surface area contributed by atoms with Gasteiger partial charge in [0.25, 0.3) is 0 Å². The highest BCUT2D eigenvalue weighted by molar-refractivity contribution is 5.87. The molecular formula is C22H32O4. The molecule has 1 aliphatic heterocycles. The van der Waals surface area contributed by atoms with Crippen LogP contribution in [0.5, 0.6) is 0 Å². The summed E-state index contributed by atoms with van der Waals surface area (Å²) in [5.41, 5.74) is 0.495. The molecule has 1 heterocycles. The molecule has 0 N–H and O–H groups in total. The van der Waals surface area contributed by atoms with Crippen molar-refractivity contribution in [2.24, 2.45) is 35.5 Å². The third-order valence-corrected chi connectivity index (χ3v) is 7.98. The molecule has 0 aromatic rings. The van der Waals surface area contributed by atoms with Crippen molar-refractivity contribution in [3.05, 3.63) is 12.2 Å². The van der Waals surface area contributed by atoms with Crippen LogP contribution in [-0.4, -0.2) is 37.5 Å². The van der Waals surface area contributed by atoms with Gasteiger partial charge >= 0.3 is 5.97 Å². The Morgan fingerprint density at radius 1 is 1.08 bits per heavy atom. The summed E-state index contributed by atoms with van der Waals surface area (Å²) in [6.07, 6.45) is 9.65. The maximum atomic E-state index is 11.6. The summed E-state index contributed by atoms with van der Waals surface area (Å²) in [4.78, 5) is 11.6. The second-order valence-electron chi connectivity index (χ2n) is 9.64. The van der Waals surface area contributed by atoms with E-state index in [1.165, 1.54) is 19.3 Å². The Kier molecular flexibility index (Phi) is 4.40. The quantitative estimate of drug-likeness (QED) is 0.411. The van der Waals surface area contributed by atoms with E-state index in [9.17, 15) is 4.79 Å². The van der Waals surface area contributed by atoms with Crippen LogP contribution in [0.15, 0.2) is 12.2 Å². The number of ether oxygens (including phenoxy) is 3. The Morgan fingerprint density at radius 2 is 1.88 bits per heavy atom. The first-order valence-corrected chi connectivity index (χ1v) is 10.7. The van der Waals surface area contributed by atoms with Crippen LogP contribution in [0.25, 0.3) is 0 Å². The first-order valence-electron chi connectivity index (χ1n) is 10.7. The number of hydrogen-bond donors (Lipinski definition) is 0. The van der Waals surface area contributed by atoms with Crippen molar-refractivity contribution >= 4 is 5.97 Å². The molecule has 144 valence electrons. The van der Waals surface area contributed by atoms with Gasteiger partial charge in [-0.25, -0.2) is 4.79 Å². The monoisotopic (exact) mass is 360 g/mol. The van der Waals surface area contributed by atoms with E-state index in [1.807, 2.05) is 0 Å². The SMILES string of the molecule is C=C(C)C(=O)OC1CCC(COCC2CC3CC2C2CC4OC4C32)CC1. The number of carbonyl (C=O) groups excluding carboxylic acids is 1. The molecule has 0 spiro atoms. The maximum absolute atomic E-state index is 11.6. The first kappa shape index (κ1) is 17.2. The maximum Gasteiger partial charge on any atom is 0.333 e. The fourth-order valence-corrected chi connectivity index (χ4v) is 6.72. The number of hydrogen-bond acceptors (Lipinski definition) is 4. The van der Waals surface area contributed by atoms with Crippen LogP contribution < -0.4 is 0 Å². The minimum atomic E-state index is -0.241. The molecule has 0 aromatic heterocycles. The summed E-state index contributed by atoms with van der Waals surface area (Å²) in [5.74, 6) is 4.88. The summed E-state index contributed by atoms with van der Waals surface area (Å²) in [5, 5.41) is 0. The summed E-state index contributed by atoms with van der Waals surface area (Å²) in [6.45, 7) is 7.21. The summed E-state index contributed by atoms with van der Waals surface area (Å²) in [7, 11) is 0. The highest BCUT2D eigenvalue weighted by Gasteiger charge is 2.66. The lowest BCUT2D eigenvalue weighted by Gasteiger charge is -2.33. The van der Waals surface area contributed by atoms with Crippen molar-refractivity contribution in [2.75, 3.05) is 13.2 Å². The molecule has 2 bridgehead atoms. The second kappa shape index (κ2) is 6.63. The summed E-state index contributed by atoms with van der Waals surface area (Å²) in [6, 6.07) is 0. The lowest BCUT2D eigenvalue weighted by molar-refractivity contribution is -0.146. The Morgan fingerprint density at radius 3 is 2.65 bits per heavy atom. The predicted octanol–water partition coefficient (Wildman–Crippen LogP) is 3.74. The van der Waals surface area contributed by atoms with Crippen molar-refractivity contribution in [1.29, 1.82) is 0 Å². The molecule has 4 nitrogen and oxygen atoms in total. The molecule has 5 rings (SSSR count). The largest absolute Gasteiger partial charge is 0.459 e. The van der Waals surface area contributed by atoms with Gasteiger partial charge in [-0.1, -0.05) is 6.58 Å². The molecule has 5 aliphatic rings. The first-order chi connectivity index (χ1) is 12.6. The normalized spacial score (nSPS) is 48.1. The molecule has 4 saturated carbocycles. The average molecular weight is 360 g/mol. The van der Waals surface area contributed by atoms with Crippen LogP contribution in [0.3, 0.4) is 0 Å². The molecule has 4 heteroatoms. The van der Waals surface area contributed by atoms with Gasteiger partial charge in [0.2, 0.25) is 0 Å². The van der Waals surface area contributed by atoms with Crippen LogP contribution in [0, 0.1) is 35.5 Å². The zero-order chi connectivity index (χ0) is 17.8. The van der Waals surface area contributed by atoms with Gasteiger partial charge in [-0.3, -0.25) is 0 Å². The number of fused-ring (bicyclic) bond motifs is 7. The number of epoxide rings is 1. The van der Waals surface area contributed by atoms with Gasteiger partial charge in [-0.2, -0.15) is 0 Å². The van der Waals surface area contributed by atoms with E-state index < -0.39 is 0 Å². The van der Waals surface area contributed by atoms with Crippen molar-refractivity contribution < 1.29 is 19.0 Å². The van der Waals surface area contributed by atoms with Gasteiger partial charge < -0.3 is 14.2 Å². The standard InChI is InChI=1S/C22H32O4/c1-12(2)22(23)25-16-5-3-13(4-6-16)10-24-11-15-7-14-8-17(15)18-9-19-21(26-19)20(14)18/h13-21H,1,3-11H2,2H3. The zero-order valence-corrected chi connectivity index (χ0v) is 15.9. The fraction of sp³-hybridized carbons (Fsp3) is 0.864. The molecule has 26 heavy (non-hydrogen) atoms. The minimum absolute atomic E-state index is 0.0778. The number of rotatable bonds is 6. The van der Waals surface area contributed by atoms with Gasteiger partial charge in [-0.05, 0) is 87.4 Å². The van der Waals surface area contributed by atoms with Crippen LogP contribution in [-0.2, 0) is 19.0 Å². The predicted molar refractivity (Wildman–Crippen MR) is 97.4 cm³/mol. The highest BCUT2D eigenvalue weighted by atomic mass is 16.6. The van der Waals surface area contributed by atoms with E-state index >= 15 is 0 Å². The molecule has 0 amide bonds. The third kappa shape index (κ3) is 3.03. The topological polar surface area (TPSA) is 48.1 Å². The van der Waals surface area contributed by atoms with E-state index in [4.69, 9.17) is 14.2 Å². The average Bonchev–Trinajstić information content (AvgIpc) is 2.98. The van der Waals surface area contributed by atoms with Crippen LogP contribution in [0.1, 0.15) is 51.9 Å². The van der Waals surface area contributed by atoms with E-state index in [2.05, 4.69) is 6.58 Å². The molecule has 7 unspecified atom stereocenters. The lowest BCUT2D eigenvalue weighted by Crippen LogP contribution is -2.31. The van der Waals surface area contributed by atoms with E-state index in [0.29, 0.717) is 23.7 Å². The van der Waals surface area contributed by atoms with Gasteiger partial charge in [0.15, 0.2) is 0 Å². The summed E-state index contributed by atoms with van der Waals surface area (Å²) < 4.78 is 17.5. The highest BCUT2D eigenvalue weighted by Crippen LogP contribution is 2.65. The molecule has 0 radical (unpaired) electrons. The van der Waals surface area contributed by atoms with E-state index in [0.717, 1.165) is 68.5 Å². The Hall–Kier alpha value is -0.870. The van der Waals surface area contributed by atoms with Gasteiger partial charge in [0, 0.05) is 18.8 Å². The number of esters is 1. The molecule has 5 fully saturated rings. The Labute approximate surface area is 156 Å². The van der Waals surface area contributed by atoms with Crippen molar-refractivity contribution in [1.82, 2.24) is 0 Å². The third-order valence-electron chi connectivity index (χ3n) is 7.98. The molecule has 0 aromatic carbocycles. The van der Waals surface area contributed by atoms with Gasteiger partial charge in [0.05, 0.1) is 12.2 Å². The van der Waals surface area contributed by atoms with E-state index in [-0.39, 0.29) is 12.1 Å². The molecule has 1 saturated heterocycles.